The van der Waals surface area contributed by atoms with Crippen LogP contribution in [0.5, 0.6) is 0 Å². The number of aromatic nitrogens is 2. The van der Waals surface area contributed by atoms with E-state index in [1.54, 1.807) is 0 Å². The number of aliphatic hydroxyl groups is 1. The Morgan fingerprint density at radius 2 is 2.20 bits per heavy atom. The molecule has 2 aromatic rings. The Balaban J connectivity index is 1.54. The predicted molar refractivity (Wildman–Crippen MR) is 97.0 cm³/mol. The molecule has 1 aromatic carbocycles. The van der Waals surface area contributed by atoms with Crippen LogP contribution in [-0.2, 0) is 11.3 Å². The lowest BCUT2D eigenvalue weighted by atomic mass is 9.79. The van der Waals surface area contributed by atoms with Crippen LogP contribution in [0.25, 0.3) is 11.3 Å². The van der Waals surface area contributed by atoms with Gasteiger partial charge in [0, 0.05) is 30.7 Å². The zero-order valence-electron chi connectivity index (χ0n) is 14.8. The zero-order valence-corrected chi connectivity index (χ0v) is 14.8. The second-order valence-electron chi connectivity index (χ2n) is 7.60. The number of aromatic amines is 1. The molecule has 1 aromatic heterocycles. The van der Waals surface area contributed by atoms with Gasteiger partial charge in [-0.1, -0.05) is 30.3 Å². The van der Waals surface area contributed by atoms with Gasteiger partial charge in [-0.2, -0.15) is 5.10 Å². The highest BCUT2D eigenvalue weighted by atomic mass is 16.5. The topological polar surface area (TPSA) is 61.4 Å². The smallest absolute Gasteiger partial charge is 0.0706 e. The quantitative estimate of drug-likeness (QED) is 0.898. The summed E-state index contributed by atoms with van der Waals surface area (Å²) in [7, 11) is 0. The normalized spacial score (nSPS) is 30.6. The van der Waals surface area contributed by atoms with Gasteiger partial charge in [0.1, 0.15) is 0 Å². The van der Waals surface area contributed by atoms with Crippen molar-refractivity contribution in [2.24, 2.45) is 5.92 Å². The van der Waals surface area contributed by atoms with Gasteiger partial charge in [0.25, 0.3) is 0 Å². The highest BCUT2D eigenvalue weighted by molar-refractivity contribution is 5.62. The standard InChI is InChI=1S/C20H27N3O2/c1-20(24)9-11-25-14-17(20)18-8-5-10-23(18)13-16-12-21-22-19(16)15-6-3-2-4-7-15/h2-4,6-7,12,17-18,24H,5,8-11,13-14H2,1H3,(H,21,22)/t17-,18-,20+/m1/s1. The largest absolute Gasteiger partial charge is 0.390 e. The molecule has 0 unspecified atom stereocenters. The van der Waals surface area contributed by atoms with Crippen LogP contribution < -0.4 is 0 Å². The molecule has 134 valence electrons. The number of rotatable bonds is 4. The lowest BCUT2D eigenvalue weighted by molar-refractivity contribution is -0.123. The molecular formula is C20H27N3O2. The Bertz CT molecular complexity index is 698. The van der Waals surface area contributed by atoms with Crippen molar-refractivity contribution >= 4 is 0 Å². The zero-order chi connectivity index (χ0) is 17.3. The molecule has 25 heavy (non-hydrogen) atoms. The number of hydrogen-bond donors (Lipinski definition) is 2. The first-order valence-electron chi connectivity index (χ1n) is 9.27. The molecule has 0 amide bonds. The van der Waals surface area contributed by atoms with Gasteiger partial charge in [-0.15, -0.1) is 0 Å². The molecule has 0 saturated carbocycles. The average molecular weight is 341 g/mol. The maximum atomic E-state index is 10.8. The van der Waals surface area contributed by atoms with Crippen LogP contribution in [0.1, 0.15) is 31.7 Å². The molecule has 2 N–H and O–H groups in total. The van der Waals surface area contributed by atoms with E-state index in [-0.39, 0.29) is 5.92 Å². The van der Waals surface area contributed by atoms with Crippen LogP contribution in [0.3, 0.4) is 0 Å². The second kappa shape index (κ2) is 6.90. The number of H-pyrrole nitrogens is 1. The van der Waals surface area contributed by atoms with E-state index in [1.807, 2.05) is 19.2 Å². The first-order chi connectivity index (χ1) is 12.1. The summed E-state index contributed by atoms with van der Waals surface area (Å²) in [5.41, 5.74) is 2.84. The van der Waals surface area contributed by atoms with E-state index in [0.29, 0.717) is 19.3 Å². The molecular weight excluding hydrogens is 314 g/mol. The van der Waals surface area contributed by atoms with E-state index in [4.69, 9.17) is 4.74 Å². The minimum atomic E-state index is -0.635. The summed E-state index contributed by atoms with van der Waals surface area (Å²) in [6.45, 7) is 5.22. The minimum absolute atomic E-state index is 0.177. The maximum absolute atomic E-state index is 10.8. The molecule has 5 nitrogen and oxygen atoms in total. The lowest BCUT2D eigenvalue weighted by Crippen LogP contribution is -2.52. The summed E-state index contributed by atoms with van der Waals surface area (Å²) in [5, 5.41) is 18.3. The molecule has 2 saturated heterocycles. The van der Waals surface area contributed by atoms with Crippen molar-refractivity contribution in [3.63, 3.8) is 0 Å². The molecule has 3 heterocycles. The number of nitrogens with zero attached hydrogens (tertiary/aromatic N) is 2. The van der Waals surface area contributed by atoms with Gasteiger partial charge >= 0.3 is 0 Å². The molecule has 2 fully saturated rings. The fourth-order valence-corrected chi connectivity index (χ4v) is 4.39. The average Bonchev–Trinajstić information content (AvgIpc) is 3.25. The molecule has 0 bridgehead atoms. The first kappa shape index (κ1) is 16.8. The fourth-order valence-electron chi connectivity index (χ4n) is 4.39. The Hall–Kier alpha value is -1.69. The Kier molecular flexibility index (Phi) is 4.63. The van der Waals surface area contributed by atoms with Gasteiger partial charge in [-0.25, -0.2) is 0 Å². The SMILES string of the molecule is C[C@]1(O)CCOC[C@@H]1[C@H]1CCCN1Cc1cn[nH]c1-c1ccccc1. The lowest BCUT2D eigenvalue weighted by Gasteiger charge is -2.43. The van der Waals surface area contributed by atoms with Gasteiger partial charge in [0.2, 0.25) is 0 Å². The van der Waals surface area contributed by atoms with Crippen molar-refractivity contribution < 1.29 is 9.84 Å². The highest BCUT2D eigenvalue weighted by Gasteiger charge is 2.44. The molecule has 4 rings (SSSR count). The summed E-state index contributed by atoms with van der Waals surface area (Å²) < 4.78 is 5.70. The predicted octanol–water partition coefficient (Wildman–Crippen LogP) is 2.83. The van der Waals surface area contributed by atoms with Crippen LogP contribution in [0.15, 0.2) is 36.5 Å². The summed E-state index contributed by atoms with van der Waals surface area (Å²) >= 11 is 0. The monoisotopic (exact) mass is 341 g/mol. The van der Waals surface area contributed by atoms with Crippen LogP contribution in [-0.4, -0.2) is 51.6 Å². The number of likely N-dealkylation sites (tertiary alicyclic amines) is 1. The minimum Gasteiger partial charge on any atom is -0.390 e. The summed E-state index contributed by atoms with van der Waals surface area (Å²) in [5.74, 6) is 0.177. The fraction of sp³-hybridized carbons (Fsp3) is 0.550. The van der Waals surface area contributed by atoms with E-state index in [1.165, 1.54) is 17.5 Å². The second-order valence-corrected chi connectivity index (χ2v) is 7.60. The van der Waals surface area contributed by atoms with Crippen LogP contribution in [0.2, 0.25) is 0 Å². The van der Waals surface area contributed by atoms with Crippen LogP contribution >= 0.6 is 0 Å². The van der Waals surface area contributed by atoms with Gasteiger partial charge < -0.3 is 9.84 Å². The number of hydrogen-bond acceptors (Lipinski definition) is 4. The van der Waals surface area contributed by atoms with Crippen molar-refractivity contribution in [2.75, 3.05) is 19.8 Å². The summed E-state index contributed by atoms with van der Waals surface area (Å²) in [6, 6.07) is 10.7. The van der Waals surface area contributed by atoms with Crippen molar-refractivity contribution in [3.8, 4) is 11.3 Å². The number of ether oxygens (including phenoxy) is 1. The molecule has 3 atom stereocenters. The molecule has 0 radical (unpaired) electrons. The van der Waals surface area contributed by atoms with Crippen LogP contribution in [0.4, 0.5) is 0 Å². The third kappa shape index (κ3) is 3.36. The van der Waals surface area contributed by atoms with Gasteiger partial charge in [0.15, 0.2) is 0 Å². The Labute approximate surface area is 149 Å². The first-order valence-corrected chi connectivity index (χ1v) is 9.27. The van der Waals surface area contributed by atoms with E-state index < -0.39 is 5.60 Å². The van der Waals surface area contributed by atoms with E-state index in [2.05, 4.69) is 39.4 Å². The highest BCUT2D eigenvalue weighted by Crippen LogP contribution is 2.37. The van der Waals surface area contributed by atoms with Crippen molar-refractivity contribution in [1.29, 1.82) is 0 Å². The van der Waals surface area contributed by atoms with Gasteiger partial charge in [-0.05, 0) is 38.3 Å². The maximum Gasteiger partial charge on any atom is 0.0706 e. The molecule has 2 aliphatic heterocycles. The van der Waals surface area contributed by atoms with E-state index in [0.717, 1.165) is 31.6 Å². The van der Waals surface area contributed by atoms with Crippen molar-refractivity contribution in [1.82, 2.24) is 15.1 Å². The molecule has 2 aliphatic rings. The third-order valence-electron chi connectivity index (χ3n) is 5.88. The van der Waals surface area contributed by atoms with Crippen molar-refractivity contribution in [3.05, 3.63) is 42.1 Å². The third-order valence-corrected chi connectivity index (χ3v) is 5.88. The van der Waals surface area contributed by atoms with Crippen LogP contribution in [0, 0.1) is 5.92 Å². The van der Waals surface area contributed by atoms with Gasteiger partial charge in [-0.3, -0.25) is 10.00 Å². The van der Waals surface area contributed by atoms with E-state index >= 15 is 0 Å². The summed E-state index contributed by atoms with van der Waals surface area (Å²) in [4.78, 5) is 2.51. The molecule has 0 aliphatic carbocycles. The number of nitrogens with one attached hydrogen (secondary N) is 1. The van der Waals surface area contributed by atoms with Crippen molar-refractivity contribution in [2.45, 2.75) is 44.4 Å². The van der Waals surface area contributed by atoms with E-state index in [9.17, 15) is 5.11 Å². The Morgan fingerprint density at radius 1 is 1.36 bits per heavy atom. The summed E-state index contributed by atoms with van der Waals surface area (Å²) in [6.07, 6.45) is 4.97. The Morgan fingerprint density at radius 3 is 3.00 bits per heavy atom. The van der Waals surface area contributed by atoms with Gasteiger partial charge in [0.05, 0.1) is 24.1 Å². The number of benzene rings is 1. The molecule has 0 spiro atoms. The molecule has 5 heteroatoms.